The van der Waals surface area contributed by atoms with Crippen molar-refractivity contribution < 1.29 is 22.0 Å². The molecule has 31 heavy (non-hydrogen) atoms. The van der Waals surface area contributed by atoms with E-state index in [-0.39, 0.29) is 12.4 Å². The predicted molar refractivity (Wildman–Crippen MR) is 110 cm³/mol. The summed E-state index contributed by atoms with van der Waals surface area (Å²) in [4.78, 5) is 13.7. The van der Waals surface area contributed by atoms with Gasteiger partial charge in [-0.05, 0) is 60.8 Å². The van der Waals surface area contributed by atoms with E-state index in [0.29, 0.717) is 10.4 Å². The lowest BCUT2D eigenvalue weighted by Crippen LogP contribution is -2.40. The molecule has 0 atom stereocenters. The summed E-state index contributed by atoms with van der Waals surface area (Å²) >= 11 is 0. The van der Waals surface area contributed by atoms with Gasteiger partial charge in [-0.25, -0.2) is 17.9 Å². The molecule has 1 aromatic heterocycles. The molecule has 0 radical (unpaired) electrons. The van der Waals surface area contributed by atoms with E-state index < -0.39 is 33.4 Å². The van der Waals surface area contributed by atoms with Crippen LogP contribution in [-0.2, 0) is 41.8 Å². The lowest BCUT2D eigenvalue weighted by Gasteiger charge is -2.31. The van der Waals surface area contributed by atoms with Crippen molar-refractivity contribution in [2.45, 2.75) is 55.9 Å². The van der Waals surface area contributed by atoms with Gasteiger partial charge in [-0.1, -0.05) is 6.07 Å². The minimum absolute atomic E-state index is 0.0320. The third-order valence-electron chi connectivity index (χ3n) is 6.36. The number of aromatic nitrogens is 2. The van der Waals surface area contributed by atoms with Crippen LogP contribution in [0.15, 0.2) is 17.2 Å². The van der Waals surface area contributed by atoms with Crippen molar-refractivity contribution in [3.05, 3.63) is 34.5 Å². The highest BCUT2D eigenvalue weighted by Crippen LogP contribution is 2.39. The molecule has 0 saturated carbocycles. The fourth-order valence-corrected chi connectivity index (χ4v) is 5.98. The second kappa shape index (κ2) is 6.91. The number of alkyl halides is 2. The molecule has 2 heterocycles. The average Bonchev–Trinajstić information content (AvgIpc) is 3.42. The van der Waals surface area contributed by atoms with Crippen molar-refractivity contribution in [2.75, 3.05) is 23.8 Å². The highest BCUT2D eigenvalue weighted by atomic mass is 32.2. The van der Waals surface area contributed by atoms with Crippen LogP contribution in [0.1, 0.15) is 41.5 Å². The zero-order chi connectivity index (χ0) is 22.0. The summed E-state index contributed by atoms with van der Waals surface area (Å²) in [7, 11) is -2.90. The third kappa shape index (κ3) is 3.26. The number of carbonyl (C=O) groups is 1. The Labute approximate surface area is 178 Å². The number of hydrogen-bond donors (Lipinski definition) is 2. The van der Waals surface area contributed by atoms with Gasteiger partial charge in [0.05, 0.1) is 12.6 Å². The number of fused-ring (bicyclic) bond motifs is 3. The Balaban J connectivity index is 1.44. The van der Waals surface area contributed by atoms with Crippen molar-refractivity contribution in [3.63, 3.8) is 0 Å². The number of anilines is 2. The van der Waals surface area contributed by atoms with Gasteiger partial charge in [-0.2, -0.15) is 18.6 Å². The van der Waals surface area contributed by atoms with Crippen LogP contribution in [-0.4, -0.2) is 37.8 Å². The lowest BCUT2D eigenvalue weighted by molar-refractivity contribution is -0.102. The number of sulfonamides is 1. The maximum atomic E-state index is 14.2. The fourth-order valence-electron chi connectivity index (χ4n) is 4.90. The van der Waals surface area contributed by atoms with Gasteiger partial charge >= 0.3 is 12.1 Å². The number of nitrogens with zero attached hydrogens (tertiary/aromatic N) is 3. The number of benzene rings is 1. The summed E-state index contributed by atoms with van der Waals surface area (Å²) in [5.41, 5.74) is 5.24. The third-order valence-corrected chi connectivity index (χ3v) is 7.68. The molecular weight excluding hydrogens is 428 g/mol. The second-order valence-corrected chi connectivity index (χ2v) is 10.0. The van der Waals surface area contributed by atoms with Gasteiger partial charge < -0.3 is 10.2 Å². The summed E-state index contributed by atoms with van der Waals surface area (Å²) in [5, 5.41) is 6.34. The molecule has 2 N–H and O–H groups in total. The van der Waals surface area contributed by atoms with Crippen molar-refractivity contribution in [1.29, 1.82) is 0 Å². The maximum absolute atomic E-state index is 14.2. The molecule has 2 aromatic rings. The number of hydrogen-bond acceptors (Lipinski definition) is 5. The number of aryl methyl sites for hydroxylation is 2. The number of nitrogens with one attached hydrogen (secondary N) is 2. The highest BCUT2D eigenvalue weighted by molar-refractivity contribution is 7.90. The zero-order valence-corrected chi connectivity index (χ0v) is 17.9. The zero-order valence-electron chi connectivity index (χ0n) is 17.0. The van der Waals surface area contributed by atoms with Crippen molar-refractivity contribution >= 4 is 27.6 Å². The standard InChI is InChI=1S/C20H23F2N5O3S/c1-26-9-8-20(21,22)27-18(26)16(11-23-27)31(29,30)25-19(28)24-17-14-6-2-4-12(14)10-13-5-3-7-15(13)17/h10-11H,2-9H2,1H3,(H2,24,25,28). The molecule has 3 aliphatic rings. The molecule has 5 rings (SSSR count). The van der Waals surface area contributed by atoms with Crippen LogP contribution in [0.2, 0.25) is 0 Å². The van der Waals surface area contributed by atoms with Crippen LogP contribution in [0.5, 0.6) is 0 Å². The first-order valence-electron chi connectivity index (χ1n) is 10.3. The lowest BCUT2D eigenvalue weighted by atomic mass is 9.99. The Morgan fingerprint density at radius 3 is 2.42 bits per heavy atom. The molecule has 0 fully saturated rings. The molecule has 1 aliphatic heterocycles. The van der Waals surface area contributed by atoms with Crippen LogP contribution in [0.3, 0.4) is 0 Å². The van der Waals surface area contributed by atoms with Gasteiger partial charge in [0.2, 0.25) is 0 Å². The first-order chi connectivity index (χ1) is 14.7. The van der Waals surface area contributed by atoms with E-state index in [2.05, 4.69) is 16.5 Å². The molecule has 0 bridgehead atoms. The SMILES string of the molecule is CN1CCC(F)(F)n2ncc(S(=O)(=O)NC(=O)Nc3c4c(cc5c3CCC5)CCC4)c21. The van der Waals surface area contributed by atoms with Gasteiger partial charge in [-0.15, -0.1) is 0 Å². The maximum Gasteiger partial charge on any atom is 0.347 e. The van der Waals surface area contributed by atoms with E-state index in [1.165, 1.54) is 23.1 Å². The molecule has 0 spiro atoms. The normalized spacial score (nSPS) is 19.0. The van der Waals surface area contributed by atoms with E-state index in [9.17, 15) is 22.0 Å². The van der Waals surface area contributed by atoms with E-state index in [0.717, 1.165) is 55.8 Å². The van der Waals surface area contributed by atoms with E-state index in [1.54, 1.807) is 0 Å². The molecule has 1 aromatic carbocycles. The van der Waals surface area contributed by atoms with E-state index in [1.807, 2.05) is 4.72 Å². The van der Waals surface area contributed by atoms with E-state index in [4.69, 9.17) is 0 Å². The monoisotopic (exact) mass is 451 g/mol. The Hall–Kier alpha value is -2.69. The number of rotatable bonds is 3. The quantitative estimate of drug-likeness (QED) is 0.748. The number of urea groups is 1. The van der Waals surface area contributed by atoms with Gasteiger partial charge in [-0.3, -0.25) is 0 Å². The smallest absolute Gasteiger partial charge is 0.347 e. The summed E-state index contributed by atoms with van der Waals surface area (Å²) < 4.78 is 56.5. The van der Waals surface area contributed by atoms with Crippen molar-refractivity contribution in [2.24, 2.45) is 0 Å². The van der Waals surface area contributed by atoms with Crippen molar-refractivity contribution in [3.8, 4) is 0 Å². The average molecular weight is 451 g/mol. The first kappa shape index (κ1) is 20.2. The second-order valence-electron chi connectivity index (χ2n) is 8.38. The summed E-state index contributed by atoms with van der Waals surface area (Å²) in [6, 6.07) is -1.98. The van der Waals surface area contributed by atoms with Crippen LogP contribution < -0.4 is 14.9 Å². The van der Waals surface area contributed by atoms with E-state index >= 15 is 0 Å². The van der Waals surface area contributed by atoms with Gasteiger partial charge in [0.1, 0.15) is 4.90 Å². The van der Waals surface area contributed by atoms with Crippen molar-refractivity contribution in [1.82, 2.24) is 14.5 Å². The number of amides is 2. The minimum atomic E-state index is -4.41. The number of carbonyl (C=O) groups excluding carboxylic acids is 1. The summed E-state index contributed by atoms with van der Waals surface area (Å²) in [5.74, 6) is -0.238. The largest absolute Gasteiger partial charge is 0.358 e. The molecule has 11 heteroatoms. The van der Waals surface area contributed by atoms with Crippen LogP contribution in [0, 0.1) is 0 Å². The van der Waals surface area contributed by atoms with Gasteiger partial charge in [0, 0.05) is 19.3 Å². The molecule has 2 aliphatic carbocycles. The summed E-state index contributed by atoms with van der Waals surface area (Å²) in [6.07, 6.45) is 5.93. The molecular formula is C20H23F2N5O3S. The highest BCUT2D eigenvalue weighted by Gasteiger charge is 2.43. The molecule has 0 saturated heterocycles. The predicted octanol–water partition coefficient (Wildman–Crippen LogP) is 2.76. The molecule has 166 valence electrons. The number of halogens is 2. The fraction of sp³-hybridized carbons (Fsp3) is 0.500. The summed E-state index contributed by atoms with van der Waals surface area (Å²) in [6.45, 7) is -0.0320. The van der Waals surface area contributed by atoms with Gasteiger partial charge in [0.15, 0.2) is 5.82 Å². The van der Waals surface area contributed by atoms with Crippen LogP contribution in [0.25, 0.3) is 0 Å². The Kier molecular flexibility index (Phi) is 4.51. The molecule has 8 nitrogen and oxygen atoms in total. The molecule has 2 amide bonds. The molecule has 0 unspecified atom stereocenters. The van der Waals surface area contributed by atoms with Gasteiger partial charge in [0.25, 0.3) is 10.0 Å². The minimum Gasteiger partial charge on any atom is -0.358 e. The Morgan fingerprint density at radius 2 is 1.77 bits per heavy atom. The van der Waals surface area contributed by atoms with Crippen LogP contribution in [0.4, 0.5) is 25.1 Å². The topological polar surface area (TPSA) is 96.3 Å². The van der Waals surface area contributed by atoms with Crippen LogP contribution >= 0.6 is 0 Å². The Morgan fingerprint density at radius 1 is 1.13 bits per heavy atom. The Bertz CT molecular complexity index is 1160. The first-order valence-corrected chi connectivity index (χ1v) is 11.8.